The first-order chi connectivity index (χ1) is 28.8. The summed E-state index contributed by atoms with van der Waals surface area (Å²) in [6.45, 7) is 0. The Morgan fingerprint density at radius 2 is 1.22 bits per heavy atom. The molecule has 0 N–H and O–H groups in total. The predicted octanol–water partition coefficient (Wildman–Crippen LogP) is 14.5. The topological polar surface area (TPSA) is 4.93 Å². The van der Waals surface area contributed by atoms with Gasteiger partial charge in [0.05, 0.1) is 22.1 Å². The molecule has 278 valence electrons. The monoisotopic (exact) mass is 743 g/mol. The number of nitrogens with zero attached hydrogens (tertiary/aromatic N) is 1. The van der Waals surface area contributed by atoms with E-state index >= 15 is 0 Å². The second-order valence-electron chi connectivity index (χ2n) is 16.2. The van der Waals surface area contributed by atoms with E-state index in [2.05, 4.69) is 211 Å². The summed E-state index contributed by atoms with van der Waals surface area (Å²) in [5.74, 6) is 0.380. The standard InChI is InChI=1S/C57H45N/c1-4-18-40(19-5-1)38-43(47-29-16-21-42-20-10-11-26-46(42)47)36-34-41-35-37-50-52(39-41)57(44-22-6-2-7-23-44,45-24-8-3-9-25-45)51-30-17-33-55(56(50)51)58-53-31-14-12-27-48(53)49-28-13-15-32-54(49)58/h1-8,10-24,26-33,35,37,39,43H,9,25,34,36,38H2. The molecule has 0 spiro atoms. The number of para-hydroxylation sites is 2. The Hall–Kier alpha value is -6.70. The van der Waals surface area contributed by atoms with Crippen LogP contribution in [0.4, 0.5) is 0 Å². The molecule has 0 bridgehead atoms. The van der Waals surface area contributed by atoms with E-state index in [9.17, 15) is 0 Å². The molecule has 2 unspecified atom stereocenters. The molecule has 0 saturated heterocycles. The largest absolute Gasteiger partial charge is 0.309 e. The van der Waals surface area contributed by atoms with Crippen LogP contribution in [-0.4, -0.2) is 4.57 Å². The highest BCUT2D eigenvalue weighted by Gasteiger charge is 2.48. The van der Waals surface area contributed by atoms with E-state index in [-0.39, 0.29) is 0 Å². The lowest BCUT2D eigenvalue weighted by Crippen LogP contribution is -2.30. The quantitative estimate of drug-likeness (QED) is 0.139. The molecule has 0 amide bonds. The summed E-state index contributed by atoms with van der Waals surface area (Å²) in [4.78, 5) is 0. The van der Waals surface area contributed by atoms with Gasteiger partial charge in [0.15, 0.2) is 0 Å². The second-order valence-corrected chi connectivity index (χ2v) is 16.2. The minimum Gasteiger partial charge on any atom is -0.309 e. The van der Waals surface area contributed by atoms with Crippen molar-refractivity contribution < 1.29 is 0 Å². The molecule has 2 aliphatic carbocycles. The van der Waals surface area contributed by atoms with Crippen molar-refractivity contribution in [3.63, 3.8) is 0 Å². The minimum absolute atomic E-state index is 0.380. The van der Waals surface area contributed by atoms with E-state index in [0.717, 1.165) is 32.1 Å². The van der Waals surface area contributed by atoms with Gasteiger partial charge in [0, 0.05) is 16.3 Å². The van der Waals surface area contributed by atoms with Crippen molar-refractivity contribution in [2.24, 2.45) is 0 Å². The SMILES string of the molecule is C1=CCCC(C2(c3ccccc3)c3cc(CCC(Cc4ccccc4)c4cccc5ccccc45)ccc3-c3c(-n4c5ccccc5c5ccccc54)cccc32)=C1. The van der Waals surface area contributed by atoms with Crippen LogP contribution in [0.25, 0.3) is 49.4 Å². The molecule has 0 fully saturated rings. The number of hydrogen-bond donors (Lipinski definition) is 0. The maximum atomic E-state index is 2.60. The smallest absolute Gasteiger partial charge is 0.0677 e. The van der Waals surface area contributed by atoms with Crippen LogP contribution < -0.4 is 0 Å². The van der Waals surface area contributed by atoms with Gasteiger partial charge in [-0.3, -0.25) is 0 Å². The lowest BCUT2D eigenvalue weighted by molar-refractivity contribution is 0.624. The van der Waals surface area contributed by atoms with Crippen molar-refractivity contribution in [2.45, 2.75) is 43.4 Å². The van der Waals surface area contributed by atoms with Gasteiger partial charge in [-0.15, -0.1) is 0 Å². The normalized spacial score (nSPS) is 16.4. The Labute approximate surface area is 341 Å². The molecule has 9 aromatic rings. The number of fused-ring (bicyclic) bond motifs is 7. The number of benzene rings is 8. The zero-order chi connectivity index (χ0) is 38.5. The molecule has 11 rings (SSSR count). The van der Waals surface area contributed by atoms with E-state index in [1.165, 1.54) is 88.3 Å². The summed E-state index contributed by atoms with van der Waals surface area (Å²) in [5, 5.41) is 5.26. The van der Waals surface area contributed by atoms with Gasteiger partial charge in [0.2, 0.25) is 0 Å². The molecular weight excluding hydrogens is 699 g/mol. The minimum atomic E-state index is -0.416. The lowest BCUT2D eigenvalue weighted by atomic mass is 9.65. The number of hydrogen-bond acceptors (Lipinski definition) is 0. The lowest BCUT2D eigenvalue weighted by Gasteiger charge is -2.37. The van der Waals surface area contributed by atoms with E-state index in [0.29, 0.717) is 5.92 Å². The summed E-state index contributed by atoms with van der Waals surface area (Å²) >= 11 is 0. The molecule has 1 nitrogen and oxygen atoms in total. The van der Waals surface area contributed by atoms with Crippen LogP contribution in [0.1, 0.15) is 58.6 Å². The summed E-state index contributed by atoms with van der Waals surface area (Å²) in [6.07, 6.45) is 12.2. The molecule has 1 heteroatoms. The first-order valence-corrected chi connectivity index (χ1v) is 21.0. The highest BCUT2D eigenvalue weighted by Crippen LogP contribution is 2.59. The number of aryl methyl sites for hydroxylation is 1. The number of aromatic nitrogens is 1. The molecule has 1 heterocycles. The van der Waals surface area contributed by atoms with Gasteiger partial charge in [0.1, 0.15) is 0 Å². The Kier molecular flexibility index (Phi) is 8.55. The summed E-state index contributed by atoms with van der Waals surface area (Å²) < 4.78 is 2.52. The molecule has 8 aromatic carbocycles. The molecule has 2 aliphatic rings. The van der Waals surface area contributed by atoms with Crippen molar-refractivity contribution in [1.82, 2.24) is 4.57 Å². The number of rotatable bonds is 9. The maximum Gasteiger partial charge on any atom is 0.0677 e. The van der Waals surface area contributed by atoms with Gasteiger partial charge in [-0.25, -0.2) is 0 Å². The van der Waals surface area contributed by atoms with E-state index in [4.69, 9.17) is 0 Å². The van der Waals surface area contributed by atoms with Gasteiger partial charge >= 0.3 is 0 Å². The molecule has 1 aromatic heterocycles. The fraction of sp³-hybridized carbons (Fsp3) is 0.123. The summed E-state index contributed by atoms with van der Waals surface area (Å²) in [5.41, 5.74) is 15.8. The van der Waals surface area contributed by atoms with Crippen LogP contribution in [-0.2, 0) is 18.3 Å². The molecule has 58 heavy (non-hydrogen) atoms. The van der Waals surface area contributed by atoms with Crippen LogP contribution in [0.2, 0.25) is 0 Å². The highest BCUT2D eigenvalue weighted by atomic mass is 15.0. The van der Waals surface area contributed by atoms with Gasteiger partial charge in [0.25, 0.3) is 0 Å². The van der Waals surface area contributed by atoms with Crippen LogP contribution >= 0.6 is 0 Å². The Balaban J connectivity index is 1.11. The van der Waals surface area contributed by atoms with Crippen molar-refractivity contribution in [1.29, 1.82) is 0 Å². The van der Waals surface area contributed by atoms with Crippen molar-refractivity contribution in [2.75, 3.05) is 0 Å². The highest BCUT2D eigenvalue weighted by molar-refractivity contribution is 6.10. The summed E-state index contributed by atoms with van der Waals surface area (Å²) in [6, 6.07) is 70.6. The van der Waals surface area contributed by atoms with E-state index in [1.807, 2.05) is 0 Å². The second kappa shape index (κ2) is 14.4. The molecule has 0 radical (unpaired) electrons. The summed E-state index contributed by atoms with van der Waals surface area (Å²) in [7, 11) is 0. The van der Waals surface area contributed by atoms with E-state index in [1.54, 1.807) is 0 Å². The maximum absolute atomic E-state index is 2.60. The molecule has 0 aliphatic heterocycles. The third kappa shape index (κ3) is 5.52. The first kappa shape index (κ1) is 34.5. The zero-order valence-electron chi connectivity index (χ0n) is 32.7. The third-order valence-electron chi connectivity index (χ3n) is 13.1. The van der Waals surface area contributed by atoms with Crippen LogP contribution in [0.3, 0.4) is 0 Å². The van der Waals surface area contributed by atoms with Crippen LogP contribution in [0.15, 0.2) is 212 Å². The third-order valence-corrected chi connectivity index (χ3v) is 13.1. The average molecular weight is 744 g/mol. The average Bonchev–Trinajstić information content (AvgIpc) is 3.79. The Morgan fingerprint density at radius 1 is 0.552 bits per heavy atom. The molecule has 2 atom stereocenters. The van der Waals surface area contributed by atoms with Gasteiger partial charge in [-0.05, 0) is 106 Å². The first-order valence-electron chi connectivity index (χ1n) is 21.0. The van der Waals surface area contributed by atoms with Crippen molar-refractivity contribution in [3.05, 3.63) is 245 Å². The Morgan fingerprint density at radius 3 is 1.98 bits per heavy atom. The van der Waals surface area contributed by atoms with Crippen LogP contribution in [0, 0.1) is 0 Å². The van der Waals surface area contributed by atoms with Crippen molar-refractivity contribution in [3.8, 4) is 16.8 Å². The van der Waals surface area contributed by atoms with Gasteiger partial charge in [-0.1, -0.05) is 194 Å². The van der Waals surface area contributed by atoms with Gasteiger partial charge < -0.3 is 4.57 Å². The molecule has 0 saturated carbocycles. The predicted molar refractivity (Wildman–Crippen MR) is 244 cm³/mol. The Bertz CT molecular complexity index is 2980. The van der Waals surface area contributed by atoms with Crippen molar-refractivity contribution >= 4 is 32.6 Å². The van der Waals surface area contributed by atoms with E-state index < -0.39 is 5.41 Å². The number of allylic oxidation sites excluding steroid dienone is 4. The van der Waals surface area contributed by atoms with Crippen LogP contribution in [0.5, 0.6) is 0 Å². The fourth-order valence-corrected chi connectivity index (χ4v) is 10.6. The van der Waals surface area contributed by atoms with Gasteiger partial charge in [-0.2, -0.15) is 0 Å². The zero-order valence-corrected chi connectivity index (χ0v) is 32.7. The molecular formula is C57H45N. The fourth-order valence-electron chi connectivity index (χ4n) is 10.6.